The fourth-order valence-corrected chi connectivity index (χ4v) is 6.56. The summed E-state index contributed by atoms with van der Waals surface area (Å²) in [6.07, 6.45) is 7.27. The predicted molar refractivity (Wildman–Crippen MR) is 156 cm³/mol. The summed E-state index contributed by atoms with van der Waals surface area (Å²) in [5, 5.41) is 6.72. The normalized spacial score (nSPS) is 23.3. The number of rotatable bonds is 12. The van der Waals surface area contributed by atoms with Crippen LogP contribution in [0.2, 0.25) is 0 Å². The Labute approximate surface area is 245 Å². The third kappa shape index (κ3) is 7.73. The molecule has 0 bridgehead atoms. The second kappa shape index (κ2) is 13.7. The third-order valence-corrected chi connectivity index (χ3v) is 9.19. The van der Waals surface area contributed by atoms with E-state index in [4.69, 9.17) is 18.9 Å². The van der Waals surface area contributed by atoms with E-state index >= 15 is 0 Å². The molecule has 9 heteroatoms. The summed E-state index contributed by atoms with van der Waals surface area (Å²) < 4.78 is 22.9. The summed E-state index contributed by atoms with van der Waals surface area (Å²) in [4.78, 5) is 29.4. The highest BCUT2D eigenvalue weighted by Gasteiger charge is 2.40. The van der Waals surface area contributed by atoms with Crippen molar-refractivity contribution >= 4 is 11.8 Å². The molecule has 3 heterocycles. The molecule has 5 rings (SSSR count). The van der Waals surface area contributed by atoms with Gasteiger partial charge in [0.1, 0.15) is 11.5 Å². The van der Waals surface area contributed by atoms with Crippen LogP contribution < -0.4 is 20.1 Å². The molecule has 1 aromatic rings. The Morgan fingerprint density at radius 3 is 2.61 bits per heavy atom. The Morgan fingerprint density at radius 2 is 1.85 bits per heavy atom. The topological polar surface area (TPSA) is 98.4 Å². The van der Waals surface area contributed by atoms with Crippen molar-refractivity contribution in [2.45, 2.75) is 83.3 Å². The average Bonchev–Trinajstić information content (AvgIpc) is 3.83. The molecule has 0 aromatic heterocycles. The van der Waals surface area contributed by atoms with Gasteiger partial charge < -0.3 is 34.5 Å². The zero-order valence-corrected chi connectivity index (χ0v) is 25.2. The lowest BCUT2D eigenvalue weighted by molar-refractivity contribution is -0.139. The highest BCUT2D eigenvalue weighted by Crippen LogP contribution is 2.37. The minimum atomic E-state index is -0.296. The smallest absolute Gasteiger partial charge is 0.227 e. The van der Waals surface area contributed by atoms with Crippen LogP contribution >= 0.6 is 0 Å². The summed E-state index contributed by atoms with van der Waals surface area (Å²) in [7, 11) is 1.70. The molecule has 3 aliphatic heterocycles. The van der Waals surface area contributed by atoms with Gasteiger partial charge in [-0.1, -0.05) is 0 Å². The van der Waals surface area contributed by atoms with Crippen molar-refractivity contribution in [3.63, 3.8) is 0 Å². The van der Waals surface area contributed by atoms with Gasteiger partial charge in [-0.05, 0) is 82.4 Å². The minimum Gasteiger partial charge on any atom is -0.493 e. The van der Waals surface area contributed by atoms with Crippen LogP contribution in [0.25, 0.3) is 0 Å². The van der Waals surface area contributed by atoms with Crippen LogP contribution in [0, 0.1) is 17.8 Å². The highest BCUT2D eigenvalue weighted by atomic mass is 16.5. The van der Waals surface area contributed by atoms with Crippen molar-refractivity contribution in [1.82, 2.24) is 15.5 Å². The fourth-order valence-electron chi connectivity index (χ4n) is 6.56. The molecule has 9 nitrogen and oxygen atoms in total. The molecular formula is C32H49N3O6. The average molecular weight is 572 g/mol. The Bertz CT molecular complexity index is 1050. The van der Waals surface area contributed by atoms with Gasteiger partial charge in [-0.25, -0.2) is 0 Å². The van der Waals surface area contributed by atoms with E-state index in [-0.39, 0.29) is 35.2 Å². The molecule has 1 saturated carbocycles. The highest BCUT2D eigenvalue weighted by molar-refractivity contribution is 5.83. The predicted octanol–water partition coefficient (Wildman–Crippen LogP) is 3.47. The van der Waals surface area contributed by atoms with Gasteiger partial charge in [0.25, 0.3) is 0 Å². The second-order valence-corrected chi connectivity index (χ2v) is 12.8. The number of nitrogens with zero attached hydrogens (tertiary/aromatic N) is 1. The number of fused-ring (bicyclic) bond motifs is 1. The molecule has 1 aromatic carbocycles. The first-order valence-electron chi connectivity index (χ1n) is 15.7. The van der Waals surface area contributed by atoms with Crippen molar-refractivity contribution in [1.29, 1.82) is 0 Å². The van der Waals surface area contributed by atoms with Crippen molar-refractivity contribution < 1.29 is 28.5 Å². The molecule has 2 amide bonds. The summed E-state index contributed by atoms with van der Waals surface area (Å²) >= 11 is 0. The molecule has 0 spiro atoms. The van der Waals surface area contributed by atoms with E-state index in [0.717, 1.165) is 80.8 Å². The van der Waals surface area contributed by atoms with Gasteiger partial charge in [-0.2, -0.15) is 0 Å². The van der Waals surface area contributed by atoms with Crippen LogP contribution in [-0.2, 0) is 32.0 Å². The second-order valence-electron chi connectivity index (χ2n) is 12.8. The van der Waals surface area contributed by atoms with Crippen molar-refractivity contribution in [2.24, 2.45) is 17.8 Å². The number of hydrogen-bond donors (Lipinski definition) is 2. The Morgan fingerprint density at radius 1 is 1.07 bits per heavy atom. The zero-order valence-electron chi connectivity index (χ0n) is 25.2. The number of amides is 2. The summed E-state index contributed by atoms with van der Waals surface area (Å²) in [5.41, 5.74) is 1.86. The van der Waals surface area contributed by atoms with Crippen LogP contribution in [0.1, 0.15) is 69.9 Å². The number of piperidine rings is 1. The molecule has 2 saturated heterocycles. The molecule has 0 radical (unpaired) electrons. The quantitative estimate of drug-likeness (QED) is 0.371. The number of methoxy groups -OCH3 is 1. The van der Waals surface area contributed by atoms with E-state index in [0.29, 0.717) is 51.8 Å². The lowest BCUT2D eigenvalue weighted by Crippen LogP contribution is -2.55. The number of hydrogen-bond acceptors (Lipinski definition) is 7. The first kappa shape index (κ1) is 30.1. The van der Waals surface area contributed by atoms with Crippen molar-refractivity contribution in [3.05, 3.63) is 23.3 Å². The maximum Gasteiger partial charge on any atom is 0.227 e. The van der Waals surface area contributed by atoms with Crippen LogP contribution in [0.15, 0.2) is 12.1 Å². The lowest BCUT2D eigenvalue weighted by Gasteiger charge is -2.39. The van der Waals surface area contributed by atoms with Gasteiger partial charge in [0.15, 0.2) is 0 Å². The Kier molecular flexibility index (Phi) is 10.1. The van der Waals surface area contributed by atoms with Gasteiger partial charge in [0.2, 0.25) is 11.8 Å². The minimum absolute atomic E-state index is 0.0477. The van der Waals surface area contributed by atoms with Crippen molar-refractivity contribution in [3.8, 4) is 11.5 Å². The SMILES string of the molecule is COCCCOc1cc(CN(C(=O)C2CNC[C@@H](C(=O)NC(C)(C)C3CCOCC3)C2)C2CC2)cc2c1CCCO2. The number of carbonyl (C=O) groups excluding carboxylic acids is 2. The zero-order chi connectivity index (χ0) is 28.8. The van der Waals surface area contributed by atoms with E-state index in [1.807, 2.05) is 4.90 Å². The van der Waals surface area contributed by atoms with E-state index in [2.05, 4.69) is 36.6 Å². The van der Waals surface area contributed by atoms with E-state index in [1.54, 1.807) is 7.11 Å². The van der Waals surface area contributed by atoms with Gasteiger partial charge in [0, 0.05) is 70.1 Å². The first-order chi connectivity index (χ1) is 19.9. The number of nitrogens with one attached hydrogen (secondary N) is 2. The Balaban J connectivity index is 1.24. The molecule has 1 unspecified atom stereocenters. The van der Waals surface area contributed by atoms with E-state index in [9.17, 15) is 9.59 Å². The van der Waals surface area contributed by atoms with Gasteiger partial charge in [0.05, 0.1) is 25.0 Å². The largest absolute Gasteiger partial charge is 0.493 e. The first-order valence-corrected chi connectivity index (χ1v) is 15.7. The summed E-state index contributed by atoms with van der Waals surface area (Å²) in [6, 6.07) is 4.44. The van der Waals surface area contributed by atoms with Crippen molar-refractivity contribution in [2.75, 3.05) is 53.2 Å². The molecule has 228 valence electrons. The van der Waals surface area contributed by atoms with E-state index < -0.39 is 0 Å². The van der Waals surface area contributed by atoms with Crippen LogP contribution in [0.3, 0.4) is 0 Å². The molecule has 3 fully saturated rings. The standard InChI is InChI=1S/C32H49N3O6/c1-32(2,25-9-14-39-15-10-25)34-30(36)23-18-24(20-33-19-23)31(37)35(26-7-8-26)21-22-16-28-27(6-4-12-40-28)29(17-22)41-13-5-11-38-3/h16-17,23-26,33H,4-15,18-21H2,1-3H3,(H,34,36)/t23-,24?/m0/s1. The molecular weight excluding hydrogens is 522 g/mol. The van der Waals surface area contributed by atoms with Crippen LogP contribution in [-0.4, -0.2) is 81.5 Å². The number of carbonyl (C=O) groups is 2. The van der Waals surface area contributed by atoms with Gasteiger partial charge in [-0.15, -0.1) is 0 Å². The maximum absolute atomic E-state index is 14.0. The molecule has 2 N–H and O–H groups in total. The maximum atomic E-state index is 14.0. The van der Waals surface area contributed by atoms with Crippen LogP contribution in [0.5, 0.6) is 11.5 Å². The monoisotopic (exact) mass is 571 g/mol. The molecule has 2 atom stereocenters. The van der Waals surface area contributed by atoms with E-state index in [1.165, 1.54) is 0 Å². The molecule has 1 aliphatic carbocycles. The fraction of sp³-hybridized carbons (Fsp3) is 0.750. The number of benzene rings is 1. The number of ether oxygens (including phenoxy) is 4. The lowest BCUT2D eigenvalue weighted by atomic mass is 9.80. The Hall–Kier alpha value is -2.36. The third-order valence-electron chi connectivity index (χ3n) is 9.19. The summed E-state index contributed by atoms with van der Waals surface area (Å²) in [6.45, 7) is 9.41. The molecule has 4 aliphatic rings. The van der Waals surface area contributed by atoms with Gasteiger partial charge >= 0.3 is 0 Å². The molecule has 41 heavy (non-hydrogen) atoms. The summed E-state index contributed by atoms with van der Waals surface area (Å²) in [5.74, 6) is 1.89. The van der Waals surface area contributed by atoms with Crippen LogP contribution in [0.4, 0.5) is 0 Å². The van der Waals surface area contributed by atoms with Gasteiger partial charge in [-0.3, -0.25) is 9.59 Å².